The minimum absolute atomic E-state index is 0.681. The molecular weight excluding hydrogens is 258 g/mol. The van der Waals surface area contributed by atoms with Gasteiger partial charge in [0.2, 0.25) is 0 Å². The predicted molar refractivity (Wildman–Crippen MR) is 81.8 cm³/mol. The van der Waals surface area contributed by atoms with Crippen LogP contribution in [0.2, 0.25) is 5.02 Å². The van der Waals surface area contributed by atoms with Crippen LogP contribution in [-0.4, -0.2) is 19.8 Å². The molecule has 0 radical (unpaired) electrons. The fraction of sp³-hybridized carbons (Fsp3) is 0.500. The lowest BCUT2D eigenvalue weighted by Gasteiger charge is -2.24. The molecule has 0 fully saturated rings. The Morgan fingerprint density at radius 3 is 2.68 bits per heavy atom. The van der Waals surface area contributed by atoms with Crippen LogP contribution in [0.4, 0.5) is 5.69 Å². The summed E-state index contributed by atoms with van der Waals surface area (Å²) in [7, 11) is 0. The van der Waals surface area contributed by atoms with Gasteiger partial charge < -0.3 is 10.1 Å². The van der Waals surface area contributed by atoms with Gasteiger partial charge in [0, 0.05) is 17.3 Å². The molecule has 2 unspecified atom stereocenters. The van der Waals surface area contributed by atoms with Gasteiger partial charge in [0.15, 0.2) is 0 Å². The van der Waals surface area contributed by atoms with Crippen molar-refractivity contribution in [3.8, 4) is 0 Å². The summed E-state index contributed by atoms with van der Waals surface area (Å²) in [5.41, 5.74) is 1.09. The van der Waals surface area contributed by atoms with E-state index in [2.05, 4.69) is 24.4 Å². The zero-order valence-electron chi connectivity index (χ0n) is 11.4. The van der Waals surface area contributed by atoms with Crippen molar-refractivity contribution in [3.63, 3.8) is 0 Å². The van der Waals surface area contributed by atoms with Crippen molar-refractivity contribution >= 4 is 17.3 Å². The van der Waals surface area contributed by atoms with Crippen molar-refractivity contribution in [2.75, 3.05) is 25.1 Å². The molecule has 19 heavy (non-hydrogen) atoms. The van der Waals surface area contributed by atoms with Crippen molar-refractivity contribution < 1.29 is 4.74 Å². The van der Waals surface area contributed by atoms with E-state index in [4.69, 9.17) is 16.3 Å². The van der Waals surface area contributed by atoms with Gasteiger partial charge in [-0.2, -0.15) is 0 Å². The number of hydrogen-bond acceptors (Lipinski definition) is 2. The summed E-state index contributed by atoms with van der Waals surface area (Å²) in [5.74, 6) is 1.43. The van der Waals surface area contributed by atoms with Crippen molar-refractivity contribution in [1.82, 2.24) is 0 Å². The van der Waals surface area contributed by atoms with Crippen LogP contribution < -0.4 is 5.32 Å². The maximum Gasteiger partial charge on any atom is 0.0639 e. The third-order valence-electron chi connectivity index (χ3n) is 3.67. The van der Waals surface area contributed by atoms with Crippen molar-refractivity contribution in [2.45, 2.75) is 19.8 Å². The molecule has 0 aliphatic heterocycles. The van der Waals surface area contributed by atoms with Gasteiger partial charge in [-0.15, -0.1) is 0 Å². The molecule has 3 heteroatoms. The van der Waals surface area contributed by atoms with Crippen molar-refractivity contribution in [2.24, 2.45) is 11.8 Å². The summed E-state index contributed by atoms with van der Waals surface area (Å²) >= 11 is 5.84. The second-order valence-corrected chi connectivity index (χ2v) is 5.63. The van der Waals surface area contributed by atoms with Crippen LogP contribution in [0.3, 0.4) is 0 Å². The van der Waals surface area contributed by atoms with Crippen LogP contribution >= 0.6 is 11.6 Å². The molecule has 1 aromatic rings. The molecule has 2 atom stereocenters. The number of anilines is 1. The zero-order chi connectivity index (χ0) is 13.5. The lowest BCUT2D eigenvalue weighted by atomic mass is 9.85. The molecule has 104 valence electrons. The quantitative estimate of drug-likeness (QED) is 0.617. The highest BCUT2D eigenvalue weighted by Gasteiger charge is 2.17. The number of nitrogens with one attached hydrogen (secondary N) is 1. The number of halogens is 1. The fourth-order valence-electron chi connectivity index (χ4n) is 2.31. The predicted octanol–water partition coefficient (Wildman–Crippen LogP) is 4.37. The summed E-state index contributed by atoms with van der Waals surface area (Å²) < 4.78 is 5.77. The highest BCUT2D eigenvalue weighted by atomic mass is 35.5. The molecule has 0 saturated heterocycles. The largest absolute Gasteiger partial charge is 0.383 e. The molecule has 0 amide bonds. The van der Waals surface area contributed by atoms with Crippen LogP contribution in [0.1, 0.15) is 19.8 Å². The number of allylic oxidation sites excluding steroid dienone is 2. The Morgan fingerprint density at radius 1 is 1.21 bits per heavy atom. The smallest absolute Gasteiger partial charge is 0.0639 e. The normalized spacial score (nSPS) is 22.4. The first-order chi connectivity index (χ1) is 9.25. The molecule has 1 N–H and O–H groups in total. The van der Waals surface area contributed by atoms with E-state index in [0.717, 1.165) is 42.8 Å². The van der Waals surface area contributed by atoms with Gasteiger partial charge in [-0.25, -0.2) is 0 Å². The van der Waals surface area contributed by atoms with E-state index in [0.29, 0.717) is 5.92 Å². The maximum atomic E-state index is 5.84. The molecular formula is C16H22ClNO. The van der Waals surface area contributed by atoms with E-state index < -0.39 is 0 Å². The first-order valence-corrected chi connectivity index (χ1v) is 7.35. The van der Waals surface area contributed by atoms with Crippen molar-refractivity contribution in [1.29, 1.82) is 0 Å². The summed E-state index contributed by atoms with van der Waals surface area (Å²) in [6.07, 6.45) is 6.91. The molecule has 0 spiro atoms. The third-order valence-corrected chi connectivity index (χ3v) is 3.92. The molecule has 1 aromatic carbocycles. The average Bonchev–Trinajstić information content (AvgIpc) is 2.42. The molecule has 2 rings (SSSR count). The topological polar surface area (TPSA) is 21.3 Å². The van der Waals surface area contributed by atoms with Gasteiger partial charge in [0.05, 0.1) is 13.2 Å². The van der Waals surface area contributed by atoms with E-state index in [-0.39, 0.29) is 0 Å². The Kier molecular flexibility index (Phi) is 5.74. The Morgan fingerprint density at radius 2 is 1.95 bits per heavy atom. The Hall–Kier alpha value is -0.990. The molecule has 0 bridgehead atoms. The van der Waals surface area contributed by atoms with E-state index >= 15 is 0 Å². The van der Waals surface area contributed by atoms with Crippen LogP contribution in [0.25, 0.3) is 0 Å². The van der Waals surface area contributed by atoms with Gasteiger partial charge in [0.25, 0.3) is 0 Å². The number of rotatable bonds is 6. The van der Waals surface area contributed by atoms with Crippen LogP contribution in [0.5, 0.6) is 0 Å². The van der Waals surface area contributed by atoms with Gasteiger partial charge in [-0.05, 0) is 48.9 Å². The second kappa shape index (κ2) is 7.56. The van der Waals surface area contributed by atoms with Crippen LogP contribution in [0, 0.1) is 11.8 Å². The second-order valence-electron chi connectivity index (χ2n) is 5.19. The Bertz CT molecular complexity index is 402. The average molecular weight is 280 g/mol. The standard InChI is InChI=1S/C16H22ClNO/c1-13-4-2-3-5-14(13)12-19-11-10-18-16-8-6-15(17)7-9-16/h2-3,6-9,13-14,18H,4-5,10-12H2,1H3. The Balaban J connectivity index is 1.59. The van der Waals surface area contributed by atoms with Crippen molar-refractivity contribution in [3.05, 3.63) is 41.4 Å². The fourth-order valence-corrected chi connectivity index (χ4v) is 2.43. The molecule has 0 heterocycles. The monoisotopic (exact) mass is 279 g/mol. The molecule has 1 aliphatic rings. The van der Waals surface area contributed by atoms with Crippen LogP contribution in [0.15, 0.2) is 36.4 Å². The minimum atomic E-state index is 0.681. The lowest BCUT2D eigenvalue weighted by molar-refractivity contribution is 0.0860. The first kappa shape index (κ1) is 14.4. The van der Waals surface area contributed by atoms with Gasteiger partial charge in [0.1, 0.15) is 0 Å². The van der Waals surface area contributed by atoms with E-state index in [1.54, 1.807) is 0 Å². The highest BCUT2D eigenvalue weighted by molar-refractivity contribution is 6.30. The summed E-state index contributed by atoms with van der Waals surface area (Å²) in [6.45, 7) is 4.76. The molecule has 0 saturated carbocycles. The third kappa shape index (κ3) is 4.88. The molecule has 1 aliphatic carbocycles. The number of benzene rings is 1. The van der Waals surface area contributed by atoms with Crippen LogP contribution in [-0.2, 0) is 4.74 Å². The van der Waals surface area contributed by atoms with Gasteiger partial charge in [-0.3, -0.25) is 0 Å². The number of ether oxygens (including phenoxy) is 1. The van der Waals surface area contributed by atoms with E-state index in [9.17, 15) is 0 Å². The van der Waals surface area contributed by atoms with E-state index in [1.165, 1.54) is 6.42 Å². The lowest BCUT2D eigenvalue weighted by Crippen LogP contribution is -2.21. The highest BCUT2D eigenvalue weighted by Crippen LogP contribution is 2.24. The zero-order valence-corrected chi connectivity index (χ0v) is 12.2. The summed E-state index contributed by atoms with van der Waals surface area (Å²) in [4.78, 5) is 0. The number of hydrogen-bond donors (Lipinski definition) is 1. The first-order valence-electron chi connectivity index (χ1n) is 6.98. The SMILES string of the molecule is CC1CC=CCC1COCCNc1ccc(Cl)cc1. The Labute approximate surface area is 120 Å². The van der Waals surface area contributed by atoms with Gasteiger partial charge in [-0.1, -0.05) is 30.7 Å². The summed E-state index contributed by atoms with van der Waals surface area (Å²) in [5, 5.41) is 4.09. The minimum Gasteiger partial charge on any atom is -0.383 e. The molecule has 0 aromatic heterocycles. The van der Waals surface area contributed by atoms with E-state index in [1.807, 2.05) is 24.3 Å². The summed E-state index contributed by atoms with van der Waals surface area (Å²) in [6, 6.07) is 7.74. The van der Waals surface area contributed by atoms with Gasteiger partial charge >= 0.3 is 0 Å². The molecule has 2 nitrogen and oxygen atoms in total. The maximum absolute atomic E-state index is 5.84.